The van der Waals surface area contributed by atoms with Crippen molar-refractivity contribution < 1.29 is 57.7 Å². The van der Waals surface area contributed by atoms with Gasteiger partial charge in [0.2, 0.25) is 0 Å². The molecule has 0 amide bonds. The number of hydrogen-bond acceptors (Lipinski definition) is 4. The van der Waals surface area contributed by atoms with Crippen molar-refractivity contribution in [2.45, 2.75) is 0 Å². The van der Waals surface area contributed by atoms with Crippen LogP contribution in [0.15, 0.2) is 0 Å². The van der Waals surface area contributed by atoms with E-state index in [1.54, 1.807) is 0 Å². The zero-order chi connectivity index (χ0) is 4.50. The monoisotopic (exact) mass is 236 g/mol. The molecule has 0 radical (unpaired) electrons. The SMILES string of the molecule is O=P([O-])([O-])[O-].[H+].[H+].[La+3]. The average molecular weight is 236 g/mol. The van der Waals surface area contributed by atoms with Gasteiger partial charge in [0.15, 0.2) is 0 Å². The van der Waals surface area contributed by atoms with Crippen LogP contribution in [0.4, 0.5) is 0 Å². The maximum atomic E-state index is 8.55. The van der Waals surface area contributed by atoms with Gasteiger partial charge < -0.3 is 19.2 Å². The molecule has 6 heavy (non-hydrogen) atoms. The largest absolute Gasteiger partial charge is 3.00 e. The Morgan fingerprint density at radius 3 is 1.33 bits per heavy atom. The van der Waals surface area contributed by atoms with Gasteiger partial charge in [-0.2, -0.15) is 7.82 Å². The van der Waals surface area contributed by atoms with Crippen LogP contribution in [0.5, 0.6) is 0 Å². The zero-order valence-corrected chi connectivity index (χ0v) is 7.18. The van der Waals surface area contributed by atoms with E-state index < -0.39 is 7.82 Å². The summed E-state index contributed by atoms with van der Waals surface area (Å²) in [6.45, 7) is 0. The van der Waals surface area contributed by atoms with Gasteiger partial charge in [0.05, 0.1) is 0 Å². The molecule has 0 atom stereocenters. The Labute approximate surface area is 65.4 Å². The Morgan fingerprint density at radius 1 is 1.33 bits per heavy atom. The van der Waals surface area contributed by atoms with Gasteiger partial charge >= 0.3 is 38.5 Å². The molecule has 0 spiro atoms. The van der Waals surface area contributed by atoms with Gasteiger partial charge in [0, 0.05) is 0 Å². The molecule has 0 aromatic carbocycles. The third-order valence-corrected chi connectivity index (χ3v) is 0. The Morgan fingerprint density at radius 2 is 1.33 bits per heavy atom. The summed E-state index contributed by atoms with van der Waals surface area (Å²) in [4.78, 5) is 25.6. The molecule has 0 saturated carbocycles. The third kappa shape index (κ3) is 57.7. The van der Waals surface area contributed by atoms with Crippen LogP contribution in [-0.2, 0) is 4.57 Å². The number of phosphoric acid groups is 1. The van der Waals surface area contributed by atoms with Crippen LogP contribution >= 0.6 is 7.82 Å². The van der Waals surface area contributed by atoms with Crippen molar-refractivity contribution >= 4 is 7.82 Å². The van der Waals surface area contributed by atoms with E-state index in [1.165, 1.54) is 0 Å². The molecule has 0 aliphatic carbocycles. The second-order valence-corrected chi connectivity index (χ2v) is 1.34. The van der Waals surface area contributed by atoms with Crippen molar-refractivity contribution in [3.63, 3.8) is 0 Å². The van der Waals surface area contributed by atoms with E-state index in [1.807, 2.05) is 0 Å². The van der Waals surface area contributed by atoms with E-state index in [2.05, 4.69) is 0 Å². The molecule has 0 aromatic rings. The molecule has 0 rings (SSSR count). The Balaban J connectivity index is -0.0000000267. The fourth-order valence-electron chi connectivity index (χ4n) is 0. The summed E-state index contributed by atoms with van der Waals surface area (Å²) in [5, 5.41) is 0. The first-order valence-corrected chi connectivity index (χ1v) is 2.19. The van der Waals surface area contributed by atoms with E-state index in [4.69, 9.17) is 19.2 Å². The molecule has 0 aliphatic rings. The second kappa shape index (κ2) is 3.33. The Hall–Kier alpha value is 1.30. The fraction of sp³-hybridized carbons (Fsp3) is 0. The average Bonchev–Trinajstić information content (AvgIpc) is 0.722. The van der Waals surface area contributed by atoms with Crippen molar-refractivity contribution in [2.24, 2.45) is 0 Å². The second-order valence-electron chi connectivity index (χ2n) is 0.447. The molecule has 0 unspecified atom stereocenters. The summed E-state index contributed by atoms with van der Waals surface area (Å²) in [5.41, 5.74) is 0. The predicted octanol–water partition coefficient (Wildman–Crippen LogP) is -2.60. The van der Waals surface area contributed by atoms with Gasteiger partial charge in [-0.25, -0.2) is 0 Å². The van der Waals surface area contributed by atoms with Gasteiger partial charge in [0.25, 0.3) is 0 Å². The third-order valence-electron chi connectivity index (χ3n) is 0. The molecule has 0 fully saturated rings. The molecule has 0 N–H and O–H groups in total. The van der Waals surface area contributed by atoms with Crippen molar-refractivity contribution in [2.75, 3.05) is 0 Å². The van der Waals surface area contributed by atoms with Crippen molar-refractivity contribution in [1.82, 2.24) is 0 Å². The van der Waals surface area contributed by atoms with Crippen LogP contribution in [-0.4, -0.2) is 0 Å². The number of rotatable bonds is 0. The summed E-state index contributed by atoms with van der Waals surface area (Å²) in [6.07, 6.45) is 0. The van der Waals surface area contributed by atoms with Crippen LogP contribution in [0, 0.1) is 35.6 Å². The van der Waals surface area contributed by atoms with Crippen LogP contribution in [0.1, 0.15) is 2.85 Å². The first kappa shape index (κ1) is 10.3. The summed E-state index contributed by atoms with van der Waals surface area (Å²) < 4.78 is 8.55. The summed E-state index contributed by atoms with van der Waals surface area (Å²) in [7, 11) is -5.39. The van der Waals surface area contributed by atoms with Gasteiger partial charge in [-0.15, -0.1) is 0 Å². The molecule has 32 valence electrons. The molecular formula is H2LaO4P+2. The van der Waals surface area contributed by atoms with E-state index in [9.17, 15) is 0 Å². The van der Waals surface area contributed by atoms with E-state index in [-0.39, 0.29) is 38.5 Å². The van der Waals surface area contributed by atoms with Crippen LogP contribution in [0.2, 0.25) is 0 Å². The fourth-order valence-corrected chi connectivity index (χ4v) is 0. The molecule has 4 nitrogen and oxygen atoms in total. The van der Waals surface area contributed by atoms with Crippen molar-refractivity contribution in [3.8, 4) is 0 Å². The van der Waals surface area contributed by atoms with E-state index in [0.29, 0.717) is 0 Å². The minimum atomic E-state index is -5.39. The van der Waals surface area contributed by atoms with Gasteiger partial charge in [-0.05, 0) is 0 Å². The van der Waals surface area contributed by atoms with Crippen LogP contribution in [0.25, 0.3) is 0 Å². The summed E-state index contributed by atoms with van der Waals surface area (Å²) >= 11 is 0. The Kier molecular flexibility index (Phi) is 5.72. The molecular weight excluding hydrogens is 234 g/mol. The van der Waals surface area contributed by atoms with Crippen LogP contribution < -0.4 is 14.7 Å². The first-order chi connectivity index (χ1) is 2.00. The molecule has 6 heteroatoms. The number of hydrogen-bond donors (Lipinski definition) is 0. The Bertz CT molecular complexity index is 60.2. The normalized spacial score (nSPS) is 9.83. The van der Waals surface area contributed by atoms with E-state index in [0.717, 1.165) is 0 Å². The topological polar surface area (TPSA) is 86.2 Å². The summed E-state index contributed by atoms with van der Waals surface area (Å²) in [6, 6.07) is 0. The minimum Gasteiger partial charge on any atom is -0.822 e. The van der Waals surface area contributed by atoms with Gasteiger partial charge in [0.1, 0.15) is 0 Å². The van der Waals surface area contributed by atoms with E-state index >= 15 is 0 Å². The summed E-state index contributed by atoms with van der Waals surface area (Å²) in [5.74, 6) is 0. The maximum absolute atomic E-state index is 8.55. The zero-order valence-electron chi connectivity index (χ0n) is 4.66. The molecule has 0 aromatic heterocycles. The van der Waals surface area contributed by atoms with Crippen LogP contribution in [0.3, 0.4) is 0 Å². The predicted molar refractivity (Wildman–Crippen MR) is 9.83 cm³/mol. The quantitative estimate of drug-likeness (QED) is 0.431. The van der Waals surface area contributed by atoms with Gasteiger partial charge in [-0.1, -0.05) is 0 Å². The van der Waals surface area contributed by atoms with Crippen molar-refractivity contribution in [1.29, 1.82) is 0 Å². The first-order valence-electron chi connectivity index (χ1n) is 0.730. The maximum Gasteiger partial charge on any atom is 3.00 e. The minimum absolute atomic E-state index is 0. The smallest absolute Gasteiger partial charge is 0.822 e. The molecule has 0 saturated heterocycles. The van der Waals surface area contributed by atoms with Crippen molar-refractivity contribution in [3.05, 3.63) is 0 Å². The molecule has 0 heterocycles. The standard InChI is InChI=1S/La.H3O4P/c;1-5(2,3)4/h;(H3,1,2,3,4)/q+3;/p-1. The van der Waals surface area contributed by atoms with Gasteiger partial charge in [-0.3, -0.25) is 0 Å². The molecule has 0 bridgehead atoms. The molecule has 0 aliphatic heterocycles.